The Morgan fingerprint density at radius 1 is 1.36 bits per heavy atom. The van der Waals surface area contributed by atoms with E-state index in [4.69, 9.17) is 22.3 Å². The number of rotatable bonds is 6. The van der Waals surface area contributed by atoms with Crippen molar-refractivity contribution in [1.29, 1.82) is 0 Å². The normalized spacial score (nSPS) is 11.1. The van der Waals surface area contributed by atoms with E-state index in [2.05, 4.69) is 0 Å². The Kier molecular flexibility index (Phi) is 5.20. The first-order valence-corrected chi connectivity index (χ1v) is 9.27. The number of halogens is 1. The van der Waals surface area contributed by atoms with Gasteiger partial charge in [-0.1, -0.05) is 30.7 Å². The molecule has 0 radical (unpaired) electrons. The van der Waals surface area contributed by atoms with Crippen molar-refractivity contribution in [2.75, 3.05) is 0 Å². The number of aromatic nitrogens is 2. The molecule has 0 aliphatic rings. The Morgan fingerprint density at radius 3 is 2.80 bits per heavy atom. The Hall–Kier alpha value is -2.18. The van der Waals surface area contributed by atoms with Crippen LogP contribution in [0.4, 0.5) is 0 Å². The van der Waals surface area contributed by atoms with E-state index < -0.39 is 0 Å². The number of aryl methyl sites for hydroxylation is 1. The molecule has 2 heterocycles. The van der Waals surface area contributed by atoms with Gasteiger partial charge < -0.3 is 5.73 Å². The number of amides is 1. The molecule has 2 N–H and O–H groups in total. The van der Waals surface area contributed by atoms with Gasteiger partial charge in [0.15, 0.2) is 0 Å². The molecule has 0 bridgehead atoms. The molecule has 0 unspecified atom stereocenters. The van der Waals surface area contributed by atoms with Crippen molar-refractivity contribution in [3.05, 3.63) is 50.6 Å². The van der Waals surface area contributed by atoms with Crippen LogP contribution in [0.1, 0.15) is 24.6 Å². The molecule has 2 aromatic heterocycles. The van der Waals surface area contributed by atoms with Crippen LogP contribution in [0.5, 0.6) is 0 Å². The van der Waals surface area contributed by atoms with Gasteiger partial charge >= 0.3 is 0 Å². The summed E-state index contributed by atoms with van der Waals surface area (Å²) < 4.78 is 1.60. The molecular weight excluding hydrogens is 358 g/mol. The number of carbonyl (C=O) groups is 1. The fraction of sp³-hybridized carbons (Fsp3) is 0.278. The molecule has 1 amide bonds. The summed E-state index contributed by atoms with van der Waals surface area (Å²) in [6.07, 6.45) is 1.55. The molecule has 0 saturated heterocycles. The predicted octanol–water partition coefficient (Wildman–Crippen LogP) is 3.61. The van der Waals surface area contributed by atoms with Gasteiger partial charge in [-0.3, -0.25) is 14.2 Å². The van der Waals surface area contributed by atoms with Crippen molar-refractivity contribution in [3.8, 4) is 11.4 Å². The molecule has 3 aromatic rings. The number of hydrogen-bond donors (Lipinski definition) is 1. The molecule has 0 spiro atoms. The monoisotopic (exact) mass is 375 g/mol. The van der Waals surface area contributed by atoms with E-state index in [-0.39, 0.29) is 17.9 Å². The molecule has 7 heteroatoms. The van der Waals surface area contributed by atoms with Crippen LogP contribution in [0.2, 0.25) is 5.02 Å². The second-order valence-electron chi connectivity index (χ2n) is 5.73. The first-order valence-electron chi connectivity index (χ1n) is 8.07. The highest BCUT2D eigenvalue weighted by Crippen LogP contribution is 2.29. The number of nitrogens with zero attached hydrogens (tertiary/aromatic N) is 2. The highest BCUT2D eigenvalue weighted by molar-refractivity contribution is 7.18. The third-order valence-electron chi connectivity index (χ3n) is 3.97. The Bertz CT molecular complexity index is 994. The number of carbonyl (C=O) groups excluding carboxylic acids is 1. The highest BCUT2D eigenvalue weighted by atomic mass is 35.5. The Morgan fingerprint density at radius 2 is 2.12 bits per heavy atom. The zero-order valence-electron chi connectivity index (χ0n) is 13.8. The van der Waals surface area contributed by atoms with Crippen molar-refractivity contribution in [2.24, 2.45) is 5.73 Å². The molecular formula is C18H18ClN3O2S. The molecule has 0 fully saturated rings. The van der Waals surface area contributed by atoms with Gasteiger partial charge in [-0.15, -0.1) is 11.3 Å². The van der Waals surface area contributed by atoms with Crippen molar-refractivity contribution in [3.63, 3.8) is 0 Å². The SMILES string of the molecule is CCc1cc2c(=O)n(CCCC(N)=O)c(-c3ccccc3Cl)nc2s1. The number of nitrogens with two attached hydrogens (primary N) is 1. The van der Waals surface area contributed by atoms with Crippen LogP contribution in [-0.2, 0) is 17.8 Å². The quantitative estimate of drug-likeness (QED) is 0.714. The lowest BCUT2D eigenvalue weighted by atomic mass is 10.2. The molecule has 3 rings (SSSR count). The summed E-state index contributed by atoms with van der Waals surface area (Å²) in [6.45, 7) is 2.41. The molecule has 0 aliphatic carbocycles. The standard InChI is InChI=1S/C18H18ClN3O2S/c1-2-11-10-13-17(25-11)21-16(12-6-3-4-7-14(12)19)22(18(13)24)9-5-8-15(20)23/h3-4,6-7,10H,2,5,8-9H2,1H3,(H2,20,23). The fourth-order valence-electron chi connectivity index (χ4n) is 2.71. The van der Waals surface area contributed by atoms with E-state index in [1.54, 1.807) is 10.6 Å². The molecule has 1 aromatic carbocycles. The van der Waals surface area contributed by atoms with E-state index in [0.717, 1.165) is 11.3 Å². The molecule has 25 heavy (non-hydrogen) atoms. The molecule has 5 nitrogen and oxygen atoms in total. The maximum Gasteiger partial charge on any atom is 0.262 e. The van der Waals surface area contributed by atoms with E-state index in [1.165, 1.54) is 11.3 Å². The second-order valence-corrected chi connectivity index (χ2v) is 7.25. The first-order chi connectivity index (χ1) is 12.0. The van der Waals surface area contributed by atoms with Crippen molar-refractivity contribution < 1.29 is 4.79 Å². The van der Waals surface area contributed by atoms with Gasteiger partial charge in [0.1, 0.15) is 10.7 Å². The van der Waals surface area contributed by atoms with E-state index in [9.17, 15) is 9.59 Å². The number of hydrogen-bond acceptors (Lipinski definition) is 4. The highest BCUT2D eigenvalue weighted by Gasteiger charge is 2.17. The lowest BCUT2D eigenvalue weighted by Crippen LogP contribution is -2.24. The largest absolute Gasteiger partial charge is 0.370 e. The number of primary amides is 1. The third-order valence-corrected chi connectivity index (χ3v) is 5.47. The zero-order chi connectivity index (χ0) is 18.0. The maximum atomic E-state index is 13.0. The van der Waals surface area contributed by atoms with Crippen molar-refractivity contribution in [2.45, 2.75) is 32.7 Å². The van der Waals surface area contributed by atoms with Crippen LogP contribution in [0.15, 0.2) is 35.1 Å². The van der Waals surface area contributed by atoms with Crippen molar-refractivity contribution >= 4 is 39.1 Å². The van der Waals surface area contributed by atoms with Gasteiger partial charge in [0.2, 0.25) is 5.91 Å². The average Bonchev–Trinajstić information content (AvgIpc) is 3.00. The minimum Gasteiger partial charge on any atom is -0.370 e. The Labute approximate surface area is 154 Å². The number of fused-ring (bicyclic) bond motifs is 1. The minimum absolute atomic E-state index is 0.111. The van der Waals surface area contributed by atoms with Crippen LogP contribution in [-0.4, -0.2) is 15.5 Å². The summed E-state index contributed by atoms with van der Waals surface area (Å²) in [4.78, 5) is 30.6. The van der Waals surface area contributed by atoms with Gasteiger partial charge in [0.25, 0.3) is 5.56 Å². The van der Waals surface area contributed by atoms with Gasteiger partial charge in [-0.2, -0.15) is 0 Å². The number of thiophene rings is 1. The fourth-order valence-corrected chi connectivity index (χ4v) is 3.88. The summed E-state index contributed by atoms with van der Waals surface area (Å²) in [5.74, 6) is 0.141. The molecule has 130 valence electrons. The first kappa shape index (κ1) is 17.6. The topological polar surface area (TPSA) is 78.0 Å². The summed E-state index contributed by atoms with van der Waals surface area (Å²) in [6, 6.07) is 9.20. The van der Waals surface area contributed by atoms with E-state index in [0.29, 0.717) is 39.6 Å². The minimum atomic E-state index is -0.384. The predicted molar refractivity (Wildman–Crippen MR) is 102 cm³/mol. The molecule has 0 aliphatic heterocycles. The van der Waals surface area contributed by atoms with Gasteiger partial charge in [-0.25, -0.2) is 4.98 Å². The third kappa shape index (κ3) is 3.60. The van der Waals surface area contributed by atoms with Crippen molar-refractivity contribution in [1.82, 2.24) is 9.55 Å². The molecule has 0 saturated carbocycles. The van der Waals surface area contributed by atoms with Gasteiger partial charge in [0, 0.05) is 23.4 Å². The van der Waals surface area contributed by atoms with Gasteiger partial charge in [-0.05, 0) is 31.0 Å². The van der Waals surface area contributed by atoms with E-state index >= 15 is 0 Å². The summed E-state index contributed by atoms with van der Waals surface area (Å²) >= 11 is 7.85. The molecule has 0 atom stereocenters. The van der Waals surface area contributed by atoms with Crippen LogP contribution in [0, 0.1) is 0 Å². The van der Waals surface area contributed by atoms with Crippen LogP contribution in [0.25, 0.3) is 21.6 Å². The smallest absolute Gasteiger partial charge is 0.262 e. The Balaban J connectivity index is 2.19. The maximum absolute atomic E-state index is 13.0. The second kappa shape index (κ2) is 7.37. The summed E-state index contributed by atoms with van der Waals surface area (Å²) in [7, 11) is 0. The van der Waals surface area contributed by atoms with Crippen LogP contribution in [0.3, 0.4) is 0 Å². The zero-order valence-corrected chi connectivity index (χ0v) is 15.4. The average molecular weight is 376 g/mol. The van der Waals surface area contributed by atoms with Crippen LogP contribution >= 0.6 is 22.9 Å². The van der Waals surface area contributed by atoms with E-state index in [1.807, 2.05) is 31.2 Å². The summed E-state index contributed by atoms with van der Waals surface area (Å²) in [5.41, 5.74) is 5.81. The lowest BCUT2D eigenvalue weighted by Gasteiger charge is -2.13. The summed E-state index contributed by atoms with van der Waals surface area (Å²) in [5, 5.41) is 1.14. The lowest BCUT2D eigenvalue weighted by molar-refractivity contribution is -0.118. The van der Waals surface area contributed by atoms with Crippen LogP contribution < -0.4 is 11.3 Å². The van der Waals surface area contributed by atoms with Gasteiger partial charge in [0.05, 0.1) is 10.4 Å². The number of benzene rings is 1.